The number of hydrogen-bond acceptors (Lipinski definition) is 5. The van der Waals surface area contributed by atoms with Crippen LogP contribution in [0.3, 0.4) is 0 Å². The second-order valence-electron chi connectivity index (χ2n) is 6.85. The van der Waals surface area contributed by atoms with Gasteiger partial charge >= 0.3 is 5.97 Å². The molecule has 1 spiro atoms. The molecular formula is C21H17ClN2O5. The molecular weight excluding hydrogens is 396 g/mol. The van der Waals surface area contributed by atoms with E-state index in [2.05, 4.69) is 5.32 Å². The first kappa shape index (κ1) is 19.1. The highest BCUT2D eigenvalue weighted by Crippen LogP contribution is 2.50. The molecule has 148 valence electrons. The van der Waals surface area contributed by atoms with Crippen LogP contribution in [0.25, 0.3) is 0 Å². The van der Waals surface area contributed by atoms with Gasteiger partial charge in [0.15, 0.2) is 11.3 Å². The Hall–Kier alpha value is -3.19. The van der Waals surface area contributed by atoms with E-state index in [1.54, 1.807) is 19.1 Å². The number of nitrogens with zero attached hydrogens (tertiary/aromatic N) is 1. The van der Waals surface area contributed by atoms with E-state index in [1.807, 2.05) is 30.3 Å². The standard InChI is InChI=1S/C21H17ClN2O5/c1-2-29-18(26)16-17(25)23-19(27)21(16)14-10-13(22)8-9-15(14)24(20(21)28)11-12-6-4-3-5-7-12/h3-10,16H,2,11H2,1H3,(H,23,25,27). The van der Waals surface area contributed by atoms with Crippen LogP contribution in [-0.2, 0) is 35.9 Å². The van der Waals surface area contributed by atoms with Gasteiger partial charge in [-0.3, -0.25) is 24.5 Å². The molecule has 8 heteroatoms. The second kappa shape index (κ2) is 7.00. The molecule has 7 nitrogen and oxygen atoms in total. The lowest BCUT2D eigenvalue weighted by Gasteiger charge is -2.25. The van der Waals surface area contributed by atoms with Crippen LogP contribution in [0.5, 0.6) is 0 Å². The van der Waals surface area contributed by atoms with Crippen molar-refractivity contribution < 1.29 is 23.9 Å². The first-order chi connectivity index (χ1) is 13.9. The zero-order valence-electron chi connectivity index (χ0n) is 15.5. The number of ether oxygens (including phenoxy) is 1. The predicted molar refractivity (Wildman–Crippen MR) is 104 cm³/mol. The largest absolute Gasteiger partial charge is 0.465 e. The minimum atomic E-state index is -2.03. The first-order valence-corrected chi connectivity index (χ1v) is 9.47. The van der Waals surface area contributed by atoms with E-state index >= 15 is 0 Å². The van der Waals surface area contributed by atoms with Crippen molar-refractivity contribution in [3.05, 3.63) is 64.7 Å². The molecule has 1 N–H and O–H groups in total. The van der Waals surface area contributed by atoms with Crippen molar-refractivity contribution in [2.75, 3.05) is 11.5 Å². The molecule has 2 aromatic carbocycles. The minimum Gasteiger partial charge on any atom is -0.465 e. The predicted octanol–water partition coefficient (Wildman–Crippen LogP) is 1.96. The average Bonchev–Trinajstić information content (AvgIpc) is 3.09. The topological polar surface area (TPSA) is 92.8 Å². The maximum atomic E-state index is 13.6. The summed E-state index contributed by atoms with van der Waals surface area (Å²) in [6.45, 7) is 1.77. The number of carbonyl (C=O) groups is 4. The van der Waals surface area contributed by atoms with E-state index in [0.717, 1.165) is 5.56 Å². The van der Waals surface area contributed by atoms with Gasteiger partial charge in [-0.15, -0.1) is 0 Å². The third-order valence-corrected chi connectivity index (χ3v) is 5.49. The third kappa shape index (κ3) is 2.73. The molecule has 3 amide bonds. The van der Waals surface area contributed by atoms with Crippen LogP contribution < -0.4 is 10.2 Å². The number of carbonyl (C=O) groups excluding carboxylic acids is 4. The van der Waals surface area contributed by atoms with Gasteiger partial charge in [0, 0.05) is 16.3 Å². The van der Waals surface area contributed by atoms with Gasteiger partial charge < -0.3 is 9.64 Å². The number of fused-ring (bicyclic) bond motifs is 2. The molecule has 0 aromatic heterocycles. The molecule has 2 atom stereocenters. The maximum Gasteiger partial charge on any atom is 0.320 e. The minimum absolute atomic E-state index is 0.0111. The fourth-order valence-corrected chi connectivity index (χ4v) is 4.21. The zero-order valence-corrected chi connectivity index (χ0v) is 16.2. The van der Waals surface area contributed by atoms with E-state index in [9.17, 15) is 19.2 Å². The van der Waals surface area contributed by atoms with Crippen LogP contribution >= 0.6 is 11.6 Å². The van der Waals surface area contributed by atoms with Crippen LogP contribution in [0.2, 0.25) is 5.02 Å². The Morgan fingerprint density at radius 2 is 1.90 bits per heavy atom. The van der Waals surface area contributed by atoms with E-state index in [1.165, 1.54) is 11.0 Å². The monoisotopic (exact) mass is 412 g/mol. The van der Waals surface area contributed by atoms with Crippen LogP contribution in [0.15, 0.2) is 48.5 Å². The highest BCUT2D eigenvalue weighted by Gasteiger charge is 2.69. The summed E-state index contributed by atoms with van der Waals surface area (Å²) in [5.74, 6) is -4.88. The van der Waals surface area contributed by atoms with Crippen LogP contribution in [0, 0.1) is 5.92 Å². The quantitative estimate of drug-likeness (QED) is 0.471. The summed E-state index contributed by atoms with van der Waals surface area (Å²) >= 11 is 6.15. The number of benzene rings is 2. The Morgan fingerprint density at radius 3 is 2.59 bits per heavy atom. The Labute approximate surface area is 171 Å². The van der Waals surface area contributed by atoms with Crippen LogP contribution in [0.1, 0.15) is 18.1 Å². The van der Waals surface area contributed by atoms with Crippen molar-refractivity contribution in [1.29, 1.82) is 0 Å². The average molecular weight is 413 g/mol. The fourth-order valence-electron chi connectivity index (χ4n) is 4.04. The number of halogens is 1. The van der Waals surface area contributed by atoms with Gasteiger partial charge in [0.25, 0.3) is 0 Å². The molecule has 0 aliphatic carbocycles. The number of rotatable bonds is 4. The molecule has 2 heterocycles. The summed E-state index contributed by atoms with van der Waals surface area (Å²) in [4.78, 5) is 53.2. The zero-order chi connectivity index (χ0) is 20.8. The van der Waals surface area contributed by atoms with E-state index in [0.29, 0.717) is 5.69 Å². The van der Waals surface area contributed by atoms with E-state index < -0.39 is 35.0 Å². The summed E-state index contributed by atoms with van der Waals surface area (Å²) in [6, 6.07) is 13.9. The summed E-state index contributed by atoms with van der Waals surface area (Å²) in [7, 11) is 0. The van der Waals surface area contributed by atoms with Gasteiger partial charge in [-0.05, 0) is 30.7 Å². The van der Waals surface area contributed by atoms with Crippen molar-refractivity contribution in [2.45, 2.75) is 18.9 Å². The van der Waals surface area contributed by atoms with Crippen molar-refractivity contribution in [3.63, 3.8) is 0 Å². The lowest BCUT2D eigenvalue weighted by molar-refractivity contribution is -0.156. The van der Waals surface area contributed by atoms with Crippen molar-refractivity contribution in [1.82, 2.24) is 5.32 Å². The van der Waals surface area contributed by atoms with Gasteiger partial charge in [-0.25, -0.2) is 0 Å². The van der Waals surface area contributed by atoms with Gasteiger partial charge in [-0.2, -0.15) is 0 Å². The molecule has 0 bridgehead atoms. The van der Waals surface area contributed by atoms with E-state index in [-0.39, 0.29) is 23.7 Å². The van der Waals surface area contributed by atoms with Crippen molar-refractivity contribution >= 4 is 41.0 Å². The summed E-state index contributed by atoms with van der Waals surface area (Å²) in [5.41, 5.74) is -0.538. The Balaban J connectivity index is 1.90. The SMILES string of the molecule is CCOC(=O)C1C(=O)NC(=O)C12C(=O)N(Cc1ccccc1)c1ccc(Cl)cc12. The van der Waals surface area contributed by atoms with Gasteiger partial charge in [0.1, 0.15) is 0 Å². The smallest absolute Gasteiger partial charge is 0.320 e. The number of esters is 1. The third-order valence-electron chi connectivity index (χ3n) is 5.25. The molecule has 2 aliphatic rings. The lowest BCUT2D eigenvalue weighted by Crippen LogP contribution is -2.51. The molecule has 1 saturated heterocycles. The molecule has 2 unspecified atom stereocenters. The normalized spacial score (nSPS) is 22.8. The molecule has 2 aromatic rings. The van der Waals surface area contributed by atoms with E-state index in [4.69, 9.17) is 16.3 Å². The molecule has 2 aliphatic heterocycles. The fraction of sp³-hybridized carbons (Fsp3) is 0.238. The highest BCUT2D eigenvalue weighted by atomic mass is 35.5. The molecule has 29 heavy (non-hydrogen) atoms. The van der Waals surface area contributed by atoms with Gasteiger partial charge in [0.2, 0.25) is 17.7 Å². The second-order valence-corrected chi connectivity index (χ2v) is 7.29. The number of nitrogens with one attached hydrogen (secondary N) is 1. The maximum absolute atomic E-state index is 13.6. The van der Waals surface area contributed by atoms with Crippen LogP contribution in [-0.4, -0.2) is 30.3 Å². The molecule has 1 fully saturated rings. The van der Waals surface area contributed by atoms with Gasteiger partial charge in [-0.1, -0.05) is 41.9 Å². The van der Waals surface area contributed by atoms with Crippen molar-refractivity contribution in [3.8, 4) is 0 Å². The lowest BCUT2D eigenvalue weighted by atomic mass is 9.72. The summed E-state index contributed by atoms with van der Waals surface area (Å²) in [5, 5.41) is 2.43. The number of amides is 3. The molecule has 4 rings (SSSR count). The molecule has 0 radical (unpaired) electrons. The number of imide groups is 1. The van der Waals surface area contributed by atoms with Gasteiger partial charge in [0.05, 0.1) is 13.2 Å². The Morgan fingerprint density at radius 1 is 1.17 bits per heavy atom. The Bertz CT molecular complexity index is 1040. The first-order valence-electron chi connectivity index (χ1n) is 9.09. The number of hydrogen-bond donors (Lipinski definition) is 1. The number of anilines is 1. The molecule has 0 saturated carbocycles. The highest BCUT2D eigenvalue weighted by molar-refractivity contribution is 6.34. The Kier molecular flexibility index (Phi) is 4.62. The summed E-state index contributed by atoms with van der Waals surface area (Å²) in [6.07, 6.45) is 0. The van der Waals surface area contributed by atoms with Crippen molar-refractivity contribution in [2.24, 2.45) is 5.92 Å². The summed E-state index contributed by atoms with van der Waals surface area (Å²) < 4.78 is 5.02. The van der Waals surface area contributed by atoms with Crippen LogP contribution in [0.4, 0.5) is 5.69 Å².